The first-order chi connectivity index (χ1) is 14.0. The first-order valence-corrected chi connectivity index (χ1v) is 9.44. The van der Waals surface area contributed by atoms with E-state index in [4.69, 9.17) is 9.84 Å². The first-order valence-electron chi connectivity index (χ1n) is 9.44. The Bertz CT molecular complexity index is 1140. The lowest BCUT2D eigenvalue weighted by Crippen LogP contribution is -2.20. The summed E-state index contributed by atoms with van der Waals surface area (Å²) in [5.74, 6) is 0.390. The van der Waals surface area contributed by atoms with Crippen molar-refractivity contribution in [1.29, 1.82) is 0 Å². The zero-order valence-corrected chi connectivity index (χ0v) is 16.6. The van der Waals surface area contributed by atoms with Gasteiger partial charge in [0, 0.05) is 12.1 Å². The molecule has 0 saturated carbocycles. The summed E-state index contributed by atoms with van der Waals surface area (Å²) < 4.78 is 19.8. The van der Waals surface area contributed by atoms with Crippen LogP contribution in [0.3, 0.4) is 0 Å². The van der Waals surface area contributed by atoms with Crippen molar-refractivity contribution in [3.63, 3.8) is 0 Å². The highest BCUT2D eigenvalue weighted by Crippen LogP contribution is 2.38. The van der Waals surface area contributed by atoms with E-state index in [1.165, 1.54) is 6.07 Å². The number of aromatic nitrogens is 1. The number of nitrogens with one attached hydrogen (secondary N) is 1. The van der Waals surface area contributed by atoms with Crippen LogP contribution in [-0.4, -0.2) is 17.8 Å². The van der Waals surface area contributed by atoms with Gasteiger partial charge in [-0.3, -0.25) is 9.80 Å². The molecule has 1 atom stereocenters. The van der Waals surface area contributed by atoms with Crippen molar-refractivity contribution < 1.29 is 9.13 Å². The largest absolute Gasteiger partial charge is 0.497 e. The van der Waals surface area contributed by atoms with Crippen molar-refractivity contribution in [2.75, 3.05) is 12.1 Å². The number of para-hydroxylation sites is 1. The van der Waals surface area contributed by atoms with E-state index in [1.807, 2.05) is 44.2 Å². The number of hydrogen-bond acceptors (Lipinski definition) is 4. The molecule has 29 heavy (non-hydrogen) atoms. The Morgan fingerprint density at radius 2 is 1.86 bits per heavy atom. The first kappa shape index (κ1) is 18.9. The molecule has 0 unspecified atom stereocenters. The molecule has 1 aromatic heterocycles. The Balaban J connectivity index is 1.82. The van der Waals surface area contributed by atoms with Crippen molar-refractivity contribution in [2.24, 2.45) is 5.10 Å². The van der Waals surface area contributed by atoms with Crippen LogP contribution < -0.4 is 15.3 Å². The Morgan fingerprint density at radius 3 is 2.52 bits per heavy atom. The number of rotatable bonds is 4. The van der Waals surface area contributed by atoms with E-state index in [9.17, 15) is 9.18 Å². The van der Waals surface area contributed by atoms with Gasteiger partial charge in [0.25, 0.3) is 5.56 Å². The normalized spacial score (nSPS) is 16.1. The molecule has 1 aliphatic heterocycles. The van der Waals surface area contributed by atoms with Crippen molar-refractivity contribution in [3.8, 4) is 5.75 Å². The summed E-state index contributed by atoms with van der Waals surface area (Å²) in [5.41, 5.74) is 4.02. The highest BCUT2D eigenvalue weighted by molar-refractivity contribution is 6.04. The minimum absolute atomic E-state index is 0.176. The predicted molar refractivity (Wildman–Crippen MR) is 112 cm³/mol. The SMILES string of the molecule is COc1ccc([C@H]2CC(c3c(C)cc(C)[nH]c3=O)=NN2c2ccccc2F)cc1. The fraction of sp³-hybridized carbons (Fsp3) is 0.217. The summed E-state index contributed by atoms with van der Waals surface area (Å²) in [7, 11) is 1.61. The van der Waals surface area contributed by atoms with E-state index < -0.39 is 0 Å². The molecule has 1 aliphatic rings. The highest BCUT2D eigenvalue weighted by Gasteiger charge is 2.32. The second-order valence-corrected chi connectivity index (χ2v) is 7.18. The second-order valence-electron chi connectivity index (χ2n) is 7.18. The summed E-state index contributed by atoms with van der Waals surface area (Å²) in [6.07, 6.45) is 0.494. The van der Waals surface area contributed by atoms with Crippen LogP contribution in [0.25, 0.3) is 0 Å². The molecular weight excluding hydrogens is 369 g/mol. The maximum absolute atomic E-state index is 14.6. The Hall–Kier alpha value is -3.41. The highest BCUT2D eigenvalue weighted by atomic mass is 19.1. The van der Waals surface area contributed by atoms with Crippen LogP contribution in [-0.2, 0) is 0 Å². The van der Waals surface area contributed by atoms with Gasteiger partial charge in [0.15, 0.2) is 0 Å². The van der Waals surface area contributed by atoms with Gasteiger partial charge in [-0.15, -0.1) is 0 Å². The maximum Gasteiger partial charge on any atom is 0.257 e. The van der Waals surface area contributed by atoms with Gasteiger partial charge in [0.2, 0.25) is 0 Å². The topological polar surface area (TPSA) is 57.7 Å². The number of hydrazone groups is 1. The minimum atomic E-state index is -0.356. The molecule has 0 bridgehead atoms. The van der Waals surface area contributed by atoms with Crippen molar-refractivity contribution in [1.82, 2.24) is 4.98 Å². The van der Waals surface area contributed by atoms with E-state index >= 15 is 0 Å². The van der Waals surface area contributed by atoms with Crippen molar-refractivity contribution in [3.05, 3.63) is 93.2 Å². The van der Waals surface area contributed by atoms with Crippen LogP contribution in [0.2, 0.25) is 0 Å². The second kappa shape index (κ2) is 7.54. The van der Waals surface area contributed by atoms with Crippen LogP contribution in [0.1, 0.15) is 34.8 Å². The molecular formula is C23H22FN3O2. The Kier molecular flexibility index (Phi) is 4.92. The summed E-state index contributed by atoms with van der Waals surface area (Å²) >= 11 is 0. The fourth-order valence-corrected chi connectivity index (χ4v) is 3.82. The fourth-order valence-electron chi connectivity index (χ4n) is 3.82. The summed E-state index contributed by atoms with van der Waals surface area (Å²) in [6.45, 7) is 3.74. The number of ether oxygens (including phenoxy) is 1. The number of hydrogen-bond donors (Lipinski definition) is 1. The maximum atomic E-state index is 14.6. The van der Waals surface area contributed by atoms with E-state index in [2.05, 4.69) is 4.98 Å². The van der Waals surface area contributed by atoms with Crippen LogP contribution in [0.5, 0.6) is 5.75 Å². The van der Waals surface area contributed by atoms with Gasteiger partial charge in [-0.1, -0.05) is 24.3 Å². The van der Waals surface area contributed by atoms with Gasteiger partial charge in [-0.2, -0.15) is 5.10 Å². The lowest BCUT2D eigenvalue weighted by molar-refractivity contribution is 0.414. The molecule has 2 heterocycles. The number of pyridine rings is 1. The van der Waals surface area contributed by atoms with Gasteiger partial charge in [-0.05, 0) is 55.3 Å². The number of H-pyrrole nitrogens is 1. The molecule has 0 saturated heterocycles. The average molecular weight is 391 g/mol. The third kappa shape index (κ3) is 3.53. The smallest absolute Gasteiger partial charge is 0.257 e. The number of anilines is 1. The molecule has 148 valence electrons. The molecule has 3 aromatic rings. The third-order valence-electron chi connectivity index (χ3n) is 5.16. The molecule has 2 aromatic carbocycles. The minimum Gasteiger partial charge on any atom is -0.497 e. The van der Waals surface area contributed by atoms with Gasteiger partial charge in [0.1, 0.15) is 11.6 Å². The number of aryl methyl sites for hydroxylation is 2. The molecule has 4 rings (SSSR count). The predicted octanol–water partition coefficient (Wildman–Crippen LogP) is 4.50. The zero-order valence-electron chi connectivity index (χ0n) is 16.6. The van der Waals surface area contributed by atoms with Crippen LogP contribution in [0.15, 0.2) is 64.5 Å². The molecule has 0 fully saturated rings. The quantitative estimate of drug-likeness (QED) is 0.713. The van der Waals surface area contributed by atoms with Gasteiger partial charge in [-0.25, -0.2) is 4.39 Å². The molecule has 0 amide bonds. The molecule has 1 N–H and O–H groups in total. The van der Waals surface area contributed by atoms with Crippen LogP contribution >= 0.6 is 0 Å². The van der Waals surface area contributed by atoms with Gasteiger partial charge >= 0.3 is 0 Å². The van der Waals surface area contributed by atoms with Crippen LogP contribution in [0, 0.1) is 19.7 Å². The van der Waals surface area contributed by atoms with E-state index in [0.717, 1.165) is 22.6 Å². The van der Waals surface area contributed by atoms with Crippen LogP contribution in [0.4, 0.5) is 10.1 Å². The lowest BCUT2D eigenvalue weighted by Gasteiger charge is -2.24. The standard InChI is InChI=1S/C23H22FN3O2/c1-14-12-15(2)25-23(28)22(14)19-13-21(16-8-10-17(29-3)11-9-16)27(26-19)20-7-5-4-6-18(20)24/h4-12,21H,13H2,1-3H3,(H,25,28)/t21-/m1/s1. The number of methoxy groups -OCH3 is 1. The Labute approximate surface area is 168 Å². The molecule has 0 spiro atoms. The van der Waals surface area contributed by atoms with E-state index in [0.29, 0.717) is 23.4 Å². The van der Waals surface area contributed by atoms with Gasteiger partial charge < -0.3 is 9.72 Å². The number of nitrogens with zero attached hydrogens (tertiary/aromatic N) is 2. The molecule has 6 heteroatoms. The third-order valence-corrected chi connectivity index (χ3v) is 5.16. The summed E-state index contributed by atoms with van der Waals surface area (Å²) in [5, 5.41) is 6.37. The number of halogens is 1. The summed E-state index contributed by atoms with van der Waals surface area (Å²) in [4.78, 5) is 15.5. The number of benzene rings is 2. The van der Waals surface area contributed by atoms with Crippen molar-refractivity contribution in [2.45, 2.75) is 26.3 Å². The molecule has 0 radical (unpaired) electrons. The molecule has 5 nitrogen and oxygen atoms in total. The Morgan fingerprint density at radius 1 is 1.14 bits per heavy atom. The van der Waals surface area contributed by atoms with E-state index in [1.54, 1.807) is 30.3 Å². The lowest BCUT2D eigenvalue weighted by atomic mass is 9.96. The van der Waals surface area contributed by atoms with Gasteiger partial charge in [0.05, 0.1) is 30.1 Å². The zero-order chi connectivity index (χ0) is 20.5. The van der Waals surface area contributed by atoms with E-state index in [-0.39, 0.29) is 17.4 Å². The summed E-state index contributed by atoms with van der Waals surface area (Å²) in [6, 6.07) is 15.9. The molecule has 0 aliphatic carbocycles. The average Bonchev–Trinajstić information content (AvgIpc) is 3.12. The van der Waals surface area contributed by atoms with Crippen molar-refractivity contribution >= 4 is 11.4 Å². The monoisotopic (exact) mass is 391 g/mol. The number of aromatic amines is 1.